The largest absolute Gasteiger partial charge is 0.427 e. The molecule has 1 aromatic carbocycles. The number of ether oxygens (including phenoxy) is 2. The molecule has 2 saturated heterocycles. The van der Waals surface area contributed by atoms with E-state index in [1.54, 1.807) is 18.2 Å². The van der Waals surface area contributed by atoms with Crippen molar-refractivity contribution in [3.8, 4) is 0 Å². The molecule has 6 rings (SSSR count). The van der Waals surface area contributed by atoms with Crippen LogP contribution in [0.3, 0.4) is 0 Å². The first kappa shape index (κ1) is 28.9. The second-order valence-electron chi connectivity index (χ2n) is 12.5. The zero-order chi connectivity index (χ0) is 30.1. The minimum absolute atomic E-state index is 0.0712. The molecule has 2 aliphatic heterocycles. The minimum Gasteiger partial charge on any atom is -0.427 e. The number of rotatable bonds is 6. The van der Waals surface area contributed by atoms with Crippen molar-refractivity contribution in [2.75, 3.05) is 20.1 Å². The molecule has 7 atom stereocenters. The zero-order valence-electron chi connectivity index (χ0n) is 23.7. The highest BCUT2D eigenvalue weighted by Gasteiger charge is 2.71. The summed E-state index contributed by atoms with van der Waals surface area (Å²) in [7, 11) is 2.22. The van der Waals surface area contributed by atoms with Gasteiger partial charge in [-0.25, -0.2) is 0 Å². The average molecular weight is 586 g/mol. The van der Waals surface area contributed by atoms with E-state index in [0.717, 1.165) is 66.6 Å². The van der Waals surface area contributed by atoms with Crippen molar-refractivity contribution in [1.82, 2.24) is 5.32 Å². The van der Waals surface area contributed by atoms with Gasteiger partial charge in [0.2, 0.25) is 0 Å². The number of likely N-dealkylation sites (N-methyl/N-ethyl adjacent to an activating group) is 1. The van der Waals surface area contributed by atoms with Crippen molar-refractivity contribution in [3.63, 3.8) is 0 Å². The van der Waals surface area contributed by atoms with Crippen LogP contribution in [-0.4, -0.2) is 71.8 Å². The molecule has 5 aliphatic rings. The van der Waals surface area contributed by atoms with Crippen LogP contribution in [0.25, 0.3) is 6.08 Å². The summed E-state index contributed by atoms with van der Waals surface area (Å²) in [5, 5.41) is 14.3. The van der Waals surface area contributed by atoms with Crippen LogP contribution in [0.1, 0.15) is 44.6 Å². The number of hydrogen-bond acceptors (Lipinski definition) is 5. The number of halogens is 3. The highest BCUT2D eigenvalue weighted by atomic mass is 19.4. The van der Waals surface area contributed by atoms with Crippen molar-refractivity contribution < 1.29 is 41.8 Å². The number of hydrogen-bond donors (Lipinski definition) is 2. The van der Waals surface area contributed by atoms with E-state index in [0.29, 0.717) is 6.42 Å². The van der Waals surface area contributed by atoms with Gasteiger partial charge in [-0.3, -0.25) is 9.59 Å². The van der Waals surface area contributed by atoms with Gasteiger partial charge >= 0.3 is 12.1 Å². The van der Waals surface area contributed by atoms with Gasteiger partial charge in [0.25, 0.3) is 5.91 Å². The number of esters is 1. The highest BCUT2D eigenvalue weighted by Crippen LogP contribution is 2.67. The predicted molar refractivity (Wildman–Crippen MR) is 148 cm³/mol. The average Bonchev–Trinajstić information content (AvgIpc) is 3.26. The van der Waals surface area contributed by atoms with Gasteiger partial charge in [0.1, 0.15) is 17.4 Å². The van der Waals surface area contributed by atoms with Gasteiger partial charge in [-0.2, -0.15) is 13.2 Å². The van der Waals surface area contributed by atoms with Crippen molar-refractivity contribution in [2.45, 2.75) is 69.2 Å². The van der Waals surface area contributed by atoms with Crippen molar-refractivity contribution in [3.05, 3.63) is 77.1 Å². The molecule has 1 saturated carbocycles. The first-order valence-electron chi connectivity index (χ1n) is 14.5. The normalized spacial score (nSPS) is 37.0. The number of nitrogens with one attached hydrogen (secondary N) is 1. The first-order chi connectivity index (χ1) is 19.8. The van der Waals surface area contributed by atoms with E-state index in [-0.39, 0.29) is 29.4 Å². The number of allylic oxidation sites excluding steroid dienone is 1. The highest BCUT2D eigenvalue weighted by molar-refractivity contribution is 5.99. The number of piperidine rings is 1. The number of quaternary nitrogens is 1. The number of benzene rings is 1. The van der Waals surface area contributed by atoms with E-state index < -0.39 is 40.9 Å². The van der Waals surface area contributed by atoms with Crippen LogP contribution in [0.2, 0.25) is 0 Å². The Morgan fingerprint density at radius 2 is 2.00 bits per heavy atom. The second kappa shape index (κ2) is 9.92. The monoisotopic (exact) mass is 585 g/mol. The maximum Gasteiger partial charge on any atom is 0.421 e. The zero-order valence-corrected chi connectivity index (χ0v) is 23.7. The van der Waals surface area contributed by atoms with Crippen molar-refractivity contribution in [2.24, 2.45) is 11.3 Å². The topological polar surface area (TPSA) is 84.9 Å². The Balaban J connectivity index is 1.45. The summed E-state index contributed by atoms with van der Waals surface area (Å²) in [4.78, 5) is 25.6. The molecule has 0 aromatic heterocycles. The first-order valence-corrected chi connectivity index (χ1v) is 14.5. The Bertz CT molecular complexity index is 1420. The number of amides is 1. The molecule has 3 unspecified atom stereocenters. The lowest BCUT2D eigenvalue weighted by molar-refractivity contribution is -0.940. The molecule has 7 nitrogen and oxygen atoms in total. The Morgan fingerprint density at radius 3 is 2.67 bits per heavy atom. The summed E-state index contributed by atoms with van der Waals surface area (Å²) in [6, 6.07) is 7.88. The Kier molecular flexibility index (Phi) is 6.83. The molecule has 2 N–H and O–H groups in total. The summed E-state index contributed by atoms with van der Waals surface area (Å²) < 4.78 is 55.5. The van der Waals surface area contributed by atoms with E-state index in [1.165, 1.54) is 19.1 Å². The Morgan fingerprint density at radius 1 is 1.26 bits per heavy atom. The molecule has 224 valence electrons. The fraction of sp³-hybridized carbons (Fsp3) is 0.500. The van der Waals surface area contributed by atoms with Crippen LogP contribution < -0.4 is 5.32 Å². The van der Waals surface area contributed by atoms with Gasteiger partial charge in [0.15, 0.2) is 5.72 Å². The third-order valence-corrected chi connectivity index (χ3v) is 10.1. The molecule has 3 fully saturated rings. The van der Waals surface area contributed by atoms with E-state index in [1.807, 2.05) is 6.08 Å². The third kappa shape index (κ3) is 4.37. The molecular formula is C32H36F3N2O5+. The molecule has 42 heavy (non-hydrogen) atoms. The van der Waals surface area contributed by atoms with Gasteiger partial charge in [0, 0.05) is 42.7 Å². The standard InChI is InChI=1S/C32H35F3N2O5/c1-4-14-37(3)15-13-30-22-11-8-12-26(30)42-28-27(30)21(17-24(22)37)25(41-19(2)38)18-31(28,40)36-29(39)23(32(33,34)35)16-20-9-6-5-7-10-20/h4-7,9-10,16,18,22,24,26,28,40H,1,8,11-15,17H2,2-3H3/p+1/t22-,24+,26-,28?,30+,31?,37?/m0/s1. The van der Waals surface area contributed by atoms with Crippen LogP contribution in [0.4, 0.5) is 13.2 Å². The SMILES string of the molecule is C=CC[N+]1(C)CC[C@@]23C4=C5C[C@@H]1[C@@H]2CCC[C@@H]3OC4C(O)(NC(=O)C(=Cc1ccccc1)C(F)(F)F)C=C5OC(C)=O. The molecule has 1 spiro atoms. The summed E-state index contributed by atoms with van der Waals surface area (Å²) in [6.07, 6.45) is 1.37. The molecule has 3 aliphatic carbocycles. The second-order valence-corrected chi connectivity index (χ2v) is 12.5. The van der Waals surface area contributed by atoms with Gasteiger partial charge in [0.05, 0.1) is 32.3 Å². The fourth-order valence-electron chi connectivity index (χ4n) is 8.52. The molecule has 0 radical (unpaired) electrons. The van der Waals surface area contributed by atoms with Gasteiger partial charge < -0.3 is 24.4 Å². The summed E-state index contributed by atoms with van der Waals surface area (Å²) in [5.74, 6) is -1.86. The smallest absolute Gasteiger partial charge is 0.421 e. The van der Waals surface area contributed by atoms with Crippen LogP contribution in [0, 0.1) is 11.3 Å². The van der Waals surface area contributed by atoms with Crippen molar-refractivity contribution in [1.29, 1.82) is 0 Å². The predicted octanol–water partition coefficient (Wildman–Crippen LogP) is 4.56. The summed E-state index contributed by atoms with van der Waals surface area (Å²) >= 11 is 0. The Labute approximate surface area is 242 Å². The van der Waals surface area contributed by atoms with E-state index >= 15 is 0 Å². The number of carbonyl (C=O) groups is 2. The molecule has 10 heteroatoms. The van der Waals surface area contributed by atoms with Gasteiger partial charge in [-0.15, -0.1) is 0 Å². The summed E-state index contributed by atoms with van der Waals surface area (Å²) in [5.41, 5.74) is -2.60. The van der Waals surface area contributed by atoms with Crippen LogP contribution in [0.5, 0.6) is 0 Å². The molecular weight excluding hydrogens is 549 g/mol. The molecule has 1 amide bonds. The van der Waals surface area contributed by atoms with Crippen molar-refractivity contribution >= 4 is 18.0 Å². The maximum absolute atomic E-state index is 14.2. The van der Waals surface area contributed by atoms with E-state index in [4.69, 9.17) is 9.47 Å². The maximum atomic E-state index is 14.2. The van der Waals surface area contributed by atoms with E-state index in [9.17, 15) is 27.9 Å². The molecule has 2 bridgehead atoms. The van der Waals surface area contributed by atoms with Crippen LogP contribution in [0.15, 0.2) is 71.5 Å². The summed E-state index contributed by atoms with van der Waals surface area (Å²) in [6.45, 7) is 6.83. The van der Waals surface area contributed by atoms with Crippen LogP contribution in [-0.2, 0) is 19.1 Å². The van der Waals surface area contributed by atoms with E-state index in [2.05, 4.69) is 18.9 Å². The fourth-order valence-corrected chi connectivity index (χ4v) is 8.52. The number of aliphatic hydroxyl groups is 1. The lowest BCUT2D eigenvalue weighted by Gasteiger charge is -2.61. The number of alkyl halides is 3. The molecule has 2 heterocycles. The minimum atomic E-state index is -5.00. The molecule has 1 aromatic rings. The number of nitrogens with zero attached hydrogens (tertiary/aromatic N) is 1. The lowest BCUT2D eigenvalue weighted by atomic mass is 9.50. The van der Waals surface area contributed by atoms with Gasteiger partial charge in [-0.1, -0.05) is 43.3 Å². The Hall–Kier alpha value is -3.21. The lowest BCUT2D eigenvalue weighted by Crippen LogP contribution is -2.69. The van der Waals surface area contributed by atoms with Crippen LogP contribution >= 0.6 is 0 Å². The number of carbonyl (C=O) groups excluding carboxylic acids is 2. The quantitative estimate of drug-likeness (QED) is 0.168. The third-order valence-electron chi connectivity index (χ3n) is 10.1. The van der Waals surface area contributed by atoms with Gasteiger partial charge in [-0.05, 0) is 36.1 Å². The number of likely N-dealkylation sites (tertiary alicyclic amines) is 1.